The van der Waals surface area contributed by atoms with Crippen LogP contribution in [0.3, 0.4) is 0 Å². The minimum absolute atomic E-state index is 0.119. The van der Waals surface area contributed by atoms with Crippen LogP contribution >= 0.6 is 0 Å². The van der Waals surface area contributed by atoms with E-state index in [0.29, 0.717) is 26.2 Å². The molecule has 3 amide bonds. The van der Waals surface area contributed by atoms with E-state index in [1.54, 1.807) is 16.0 Å². The first-order valence-corrected chi connectivity index (χ1v) is 7.42. The van der Waals surface area contributed by atoms with Crippen LogP contribution in [0, 0.1) is 0 Å². The molecule has 6 nitrogen and oxygen atoms in total. The van der Waals surface area contributed by atoms with Crippen molar-refractivity contribution in [2.75, 3.05) is 26.2 Å². The van der Waals surface area contributed by atoms with Crippen LogP contribution in [-0.2, 0) is 4.74 Å². The smallest absolute Gasteiger partial charge is 0.410 e. The number of carbonyl (C=O) groups excluding carboxylic acids is 2. The molecule has 0 unspecified atom stereocenters. The third-order valence-corrected chi connectivity index (χ3v) is 3.22. The average molecular weight is 297 g/mol. The second kappa shape index (κ2) is 7.33. The van der Waals surface area contributed by atoms with Gasteiger partial charge in [-0.2, -0.15) is 0 Å². The van der Waals surface area contributed by atoms with Crippen LogP contribution in [-0.4, -0.2) is 53.7 Å². The summed E-state index contributed by atoms with van der Waals surface area (Å²) in [6.07, 6.45) is 2.33. The molecule has 1 aliphatic rings. The van der Waals surface area contributed by atoms with Gasteiger partial charge in [0, 0.05) is 32.4 Å². The van der Waals surface area contributed by atoms with Crippen molar-refractivity contribution in [1.82, 2.24) is 15.1 Å². The van der Waals surface area contributed by atoms with E-state index in [-0.39, 0.29) is 12.1 Å². The Morgan fingerprint density at radius 3 is 2.14 bits per heavy atom. The maximum absolute atomic E-state index is 12.0. The van der Waals surface area contributed by atoms with Gasteiger partial charge in [-0.05, 0) is 34.1 Å². The number of piperazine rings is 1. The Hall–Kier alpha value is -1.72. The van der Waals surface area contributed by atoms with E-state index in [9.17, 15) is 9.59 Å². The number of carbonyl (C=O) groups is 2. The number of nitrogens with zero attached hydrogens (tertiary/aromatic N) is 2. The van der Waals surface area contributed by atoms with Gasteiger partial charge in [0.25, 0.3) is 0 Å². The first-order valence-electron chi connectivity index (χ1n) is 7.42. The molecule has 120 valence electrons. The van der Waals surface area contributed by atoms with Gasteiger partial charge in [-0.25, -0.2) is 9.59 Å². The summed E-state index contributed by atoms with van der Waals surface area (Å²) in [4.78, 5) is 27.2. The summed E-state index contributed by atoms with van der Waals surface area (Å²) in [6.45, 7) is 11.6. The lowest BCUT2D eigenvalue weighted by atomic mass is 10.2. The van der Waals surface area contributed by atoms with E-state index in [0.717, 1.165) is 12.0 Å². The first-order chi connectivity index (χ1) is 9.73. The summed E-state index contributed by atoms with van der Waals surface area (Å²) in [5, 5.41) is 2.78. The minimum Gasteiger partial charge on any atom is -0.444 e. The number of hydrogen-bond acceptors (Lipinski definition) is 3. The Bertz CT molecular complexity index is 405. The fourth-order valence-corrected chi connectivity index (χ4v) is 1.80. The Morgan fingerprint density at radius 2 is 1.67 bits per heavy atom. The molecule has 0 aromatic carbocycles. The van der Waals surface area contributed by atoms with Gasteiger partial charge in [0.15, 0.2) is 0 Å². The zero-order valence-electron chi connectivity index (χ0n) is 13.7. The van der Waals surface area contributed by atoms with Crippen molar-refractivity contribution >= 4 is 12.1 Å². The lowest BCUT2D eigenvalue weighted by molar-refractivity contribution is 0.0171. The number of rotatable bonds is 2. The van der Waals surface area contributed by atoms with Gasteiger partial charge in [0.05, 0.1) is 0 Å². The van der Waals surface area contributed by atoms with Crippen LogP contribution in [0.2, 0.25) is 0 Å². The maximum Gasteiger partial charge on any atom is 0.410 e. The zero-order valence-corrected chi connectivity index (χ0v) is 13.7. The summed E-state index contributed by atoms with van der Waals surface area (Å²) in [5.74, 6) is 0. The van der Waals surface area contributed by atoms with E-state index in [2.05, 4.69) is 5.32 Å². The molecule has 1 N–H and O–H groups in total. The molecule has 21 heavy (non-hydrogen) atoms. The van der Waals surface area contributed by atoms with E-state index in [4.69, 9.17) is 4.74 Å². The molecule has 1 heterocycles. The number of hydrogen-bond donors (Lipinski definition) is 1. The average Bonchev–Trinajstić information content (AvgIpc) is 2.42. The Balaban J connectivity index is 2.41. The van der Waals surface area contributed by atoms with E-state index in [1.807, 2.05) is 34.6 Å². The van der Waals surface area contributed by atoms with Gasteiger partial charge in [0.2, 0.25) is 0 Å². The van der Waals surface area contributed by atoms with Crippen molar-refractivity contribution < 1.29 is 14.3 Å². The maximum atomic E-state index is 12.0. The lowest BCUT2D eigenvalue weighted by Crippen LogP contribution is -2.53. The molecule has 1 fully saturated rings. The highest BCUT2D eigenvalue weighted by molar-refractivity contribution is 5.76. The standard InChI is InChI=1S/C15H27N3O3/c1-6-12(2)11-16-13(19)17-7-9-18(10-8-17)14(20)21-15(3,4)5/h11H,6-10H2,1-5H3,(H,16,19)/b12-11+. The quantitative estimate of drug-likeness (QED) is 0.852. The molecule has 0 bridgehead atoms. The van der Waals surface area contributed by atoms with Crippen LogP contribution in [0.5, 0.6) is 0 Å². The molecule has 0 atom stereocenters. The van der Waals surface area contributed by atoms with Crippen molar-refractivity contribution in [3.63, 3.8) is 0 Å². The molecule has 1 saturated heterocycles. The van der Waals surface area contributed by atoms with Crippen molar-refractivity contribution in [1.29, 1.82) is 0 Å². The predicted molar refractivity (Wildman–Crippen MR) is 82.0 cm³/mol. The fourth-order valence-electron chi connectivity index (χ4n) is 1.80. The van der Waals surface area contributed by atoms with Crippen molar-refractivity contribution in [2.24, 2.45) is 0 Å². The first kappa shape index (κ1) is 17.3. The zero-order chi connectivity index (χ0) is 16.0. The van der Waals surface area contributed by atoms with E-state index >= 15 is 0 Å². The van der Waals surface area contributed by atoms with Gasteiger partial charge in [-0.1, -0.05) is 12.5 Å². The van der Waals surface area contributed by atoms with Crippen molar-refractivity contribution in [3.8, 4) is 0 Å². The topological polar surface area (TPSA) is 61.9 Å². The summed E-state index contributed by atoms with van der Waals surface area (Å²) >= 11 is 0. The van der Waals surface area contributed by atoms with Crippen LogP contribution in [0.4, 0.5) is 9.59 Å². The highest BCUT2D eigenvalue weighted by Gasteiger charge is 2.27. The van der Waals surface area contributed by atoms with Crippen molar-refractivity contribution in [2.45, 2.75) is 46.6 Å². The highest BCUT2D eigenvalue weighted by atomic mass is 16.6. The molecular weight excluding hydrogens is 270 g/mol. The van der Waals surface area contributed by atoms with Crippen LogP contribution in [0.1, 0.15) is 41.0 Å². The summed E-state index contributed by atoms with van der Waals surface area (Å²) in [5.41, 5.74) is 0.629. The third kappa shape index (κ3) is 6.06. The Kier molecular flexibility index (Phi) is 6.05. The fraction of sp³-hybridized carbons (Fsp3) is 0.733. The second-order valence-corrected chi connectivity index (χ2v) is 6.25. The van der Waals surface area contributed by atoms with Crippen LogP contribution < -0.4 is 5.32 Å². The minimum atomic E-state index is -0.492. The van der Waals surface area contributed by atoms with Gasteiger partial charge in [-0.3, -0.25) is 0 Å². The predicted octanol–water partition coefficient (Wildman–Crippen LogP) is 2.56. The normalized spacial score (nSPS) is 16.7. The molecule has 0 radical (unpaired) electrons. The van der Waals surface area contributed by atoms with Gasteiger partial charge in [0.1, 0.15) is 5.60 Å². The third-order valence-electron chi connectivity index (χ3n) is 3.22. The number of nitrogens with one attached hydrogen (secondary N) is 1. The molecule has 0 saturated carbocycles. The number of amides is 3. The lowest BCUT2D eigenvalue weighted by Gasteiger charge is -2.35. The summed E-state index contributed by atoms with van der Waals surface area (Å²) in [6, 6.07) is -0.119. The summed E-state index contributed by atoms with van der Waals surface area (Å²) in [7, 11) is 0. The van der Waals surface area contributed by atoms with Gasteiger partial charge < -0.3 is 19.9 Å². The number of ether oxygens (including phenoxy) is 1. The molecule has 0 spiro atoms. The summed E-state index contributed by atoms with van der Waals surface area (Å²) < 4.78 is 5.32. The highest BCUT2D eigenvalue weighted by Crippen LogP contribution is 2.11. The molecule has 1 aliphatic heterocycles. The van der Waals surface area contributed by atoms with Crippen LogP contribution in [0.25, 0.3) is 0 Å². The molecule has 6 heteroatoms. The number of allylic oxidation sites excluding steroid dienone is 1. The number of urea groups is 1. The van der Waals surface area contributed by atoms with E-state index in [1.165, 1.54) is 0 Å². The largest absolute Gasteiger partial charge is 0.444 e. The van der Waals surface area contributed by atoms with Crippen LogP contribution in [0.15, 0.2) is 11.8 Å². The molecule has 0 aromatic heterocycles. The molecular formula is C15H27N3O3. The Morgan fingerprint density at radius 1 is 1.14 bits per heavy atom. The molecule has 0 aliphatic carbocycles. The molecule has 0 aromatic rings. The van der Waals surface area contributed by atoms with Gasteiger partial charge in [-0.15, -0.1) is 0 Å². The SMILES string of the molecule is CC/C(C)=C/NC(=O)N1CCN(C(=O)OC(C)(C)C)CC1. The Labute approximate surface area is 127 Å². The van der Waals surface area contributed by atoms with Gasteiger partial charge >= 0.3 is 12.1 Å². The second-order valence-electron chi connectivity index (χ2n) is 6.25. The monoisotopic (exact) mass is 297 g/mol. The van der Waals surface area contributed by atoms with Crippen molar-refractivity contribution in [3.05, 3.63) is 11.8 Å². The molecule has 1 rings (SSSR count). The van der Waals surface area contributed by atoms with E-state index < -0.39 is 5.60 Å².